The normalized spacial score (nSPS) is 14.4. The van der Waals surface area contributed by atoms with Crippen LogP contribution in [0.3, 0.4) is 0 Å². The number of nitrogens with one attached hydrogen (secondary N) is 2. The van der Waals surface area contributed by atoms with Crippen LogP contribution in [0.5, 0.6) is 5.75 Å². The Kier molecular flexibility index (Phi) is 7.02. The van der Waals surface area contributed by atoms with Crippen molar-refractivity contribution < 1.29 is 32.2 Å². The Morgan fingerprint density at radius 1 is 1.21 bits per heavy atom. The van der Waals surface area contributed by atoms with E-state index in [9.17, 15) is 22.7 Å². The van der Waals surface area contributed by atoms with E-state index in [0.29, 0.717) is 17.2 Å². The van der Waals surface area contributed by atoms with Crippen molar-refractivity contribution in [2.24, 2.45) is 0 Å². The molecule has 0 saturated heterocycles. The van der Waals surface area contributed by atoms with Crippen molar-refractivity contribution in [2.45, 2.75) is 24.8 Å². The van der Waals surface area contributed by atoms with E-state index in [1.807, 2.05) is 36.4 Å². The summed E-state index contributed by atoms with van der Waals surface area (Å²) in [6.07, 6.45) is -0.267. The van der Waals surface area contributed by atoms with Crippen LogP contribution in [0.2, 0.25) is 0 Å². The standard InChI is InChI=1S/C27H27FN4O6S/c1-15-19(6-9-23(24(15)28)39(3,35)36)25(33)32-10-11-38-22-8-5-16(12-18(22)14-32)17-4-7-20-21(13-17)30-26(29-20)31-27(34)37-2/h4-9,12-13,27,34H,10-11,14H2,1-3H3,(H2,29,30,31). The van der Waals surface area contributed by atoms with Crippen molar-refractivity contribution in [1.29, 1.82) is 0 Å². The third-order valence-electron chi connectivity index (χ3n) is 6.61. The smallest absolute Gasteiger partial charge is 0.254 e. The molecule has 0 fully saturated rings. The molecule has 1 unspecified atom stereocenters. The van der Waals surface area contributed by atoms with Crippen LogP contribution < -0.4 is 10.1 Å². The molecule has 1 aliphatic rings. The van der Waals surface area contributed by atoms with Crippen LogP contribution in [0.15, 0.2) is 53.4 Å². The zero-order chi connectivity index (χ0) is 27.9. The molecule has 2 heterocycles. The number of H-pyrrole nitrogens is 1. The second kappa shape index (κ2) is 10.3. The summed E-state index contributed by atoms with van der Waals surface area (Å²) in [5.41, 5.74) is 4.09. The Morgan fingerprint density at radius 3 is 2.69 bits per heavy atom. The first-order valence-corrected chi connectivity index (χ1v) is 14.0. The Hall–Kier alpha value is -4.00. The third kappa shape index (κ3) is 5.31. The van der Waals surface area contributed by atoms with Gasteiger partial charge < -0.3 is 29.8 Å². The number of aliphatic hydroxyl groups is 1. The maximum atomic E-state index is 14.8. The number of imidazole rings is 1. The summed E-state index contributed by atoms with van der Waals surface area (Å²) in [7, 11) is -2.40. The molecule has 0 bridgehead atoms. The first-order valence-electron chi connectivity index (χ1n) is 12.1. The molecule has 1 atom stereocenters. The fourth-order valence-electron chi connectivity index (χ4n) is 4.53. The number of ether oxygens (including phenoxy) is 2. The summed E-state index contributed by atoms with van der Waals surface area (Å²) in [6.45, 7) is 2.16. The van der Waals surface area contributed by atoms with Gasteiger partial charge in [-0.25, -0.2) is 17.8 Å². The van der Waals surface area contributed by atoms with Crippen molar-refractivity contribution in [1.82, 2.24) is 14.9 Å². The van der Waals surface area contributed by atoms with Gasteiger partial charge in [-0.15, -0.1) is 0 Å². The molecule has 3 aromatic carbocycles. The van der Waals surface area contributed by atoms with Gasteiger partial charge >= 0.3 is 0 Å². The summed E-state index contributed by atoms with van der Waals surface area (Å²) in [4.78, 5) is 22.0. The molecule has 0 aliphatic carbocycles. The van der Waals surface area contributed by atoms with E-state index in [1.165, 1.54) is 20.1 Å². The number of halogens is 1. The van der Waals surface area contributed by atoms with Crippen LogP contribution in [0, 0.1) is 12.7 Å². The molecule has 39 heavy (non-hydrogen) atoms. The van der Waals surface area contributed by atoms with Gasteiger partial charge in [-0.05, 0) is 60.0 Å². The molecular formula is C27H27FN4O6S. The molecule has 5 rings (SSSR count). The number of aliphatic hydroxyl groups excluding tert-OH is 1. The molecule has 3 N–H and O–H groups in total. The predicted octanol–water partition coefficient (Wildman–Crippen LogP) is 3.45. The highest BCUT2D eigenvalue weighted by Crippen LogP contribution is 2.32. The number of rotatable bonds is 6. The predicted molar refractivity (Wildman–Crippen MR) is 143 cm³/mol. The molecule has 4 aromatic rings. The van der Waals surface area contributed by atoms with Crippen LogP contribution in [0.25, 0.3) is 22.2 Å². The number of anilines is 1. The number of carbonyl (C=O) groups excluding carboxylic acids is 1. The Labute approximate surface area is 224 Å². The summed E-state index contributed by atoms with van der Waals surface area (Å²) >= 11 is 0. The van der Waals surface area contributed by atoms with E-state index < -0.39 is 32.9 Å². The highest BCUT2D eigenvalue weighted by molar-refractivity contribution is 7.90. The maximum Gasteiger partial charge on any atom is 0.254 e. The lowest BCUT2D eigenvalue weighted by Crippen LogP contribution is -2.33. The highest BCUT2D eigenvalue weighted by atomic mass is 32.2. The molecule has 10 nitrogen and oxygen atoms in total. The van der Waals surface area contributed by atoms with E-state index in [1.54, 1.807) is 4.90 Å². The van der Waals surface area contributed by atoms with E-state index >= 15 is 0 Å². The summed E-state index contributed by atoms with van der Waals surface area (Å²) in [5.74, 6) is -0.323. The van der Waals surface area contributed by atoms with Gasteiger partial charge in [-0.1, -0.05) is 12.1 Å². The largest absolute Gasteiger partial charge is 0.491 e. The van der Waals surface area contributed by atoms with Gasteiger partial charge in [0, 0.05) is 31.0 Å². The van der Waals surface area contributed by atoms with E-state index in [2.05, 4.69) is 15.3 Å². The molecule has 1 aromatic heterocycles. The number of amides is 1. The van der Waals surface area contributed by atoms with Gasteiger partial charge in [0.1, 0.15) is 23.1 Å². The van der Waals surface area contributed by atoms with Crippen molar-refractivity contribution >= 4 is 32.7 Å². The monoisotopic (exact) mass is 554 g/mol. The van der Waals surface area contributed by atoms with Crippen LogP contribution in [0.1, 0.15) is 21.5 Å². The number of fused-ring (bicyclic) bond motifs is 2. The summed E-state index contributed by atoms with van der Waals surface area (Å²) < 4.78 is 49.3. The topological polar surface area (TPSA) is 134 Å². The number of nitrogens with zero attached hydrogens (tertiary/aromatic N) is 2. The Morgan fingerprint density at radius 2 is 1.95 bits per heavy atom. The van der Waals surface area contributed by atoms with Gasteiger partial charge in [-0.2, -0.15) is 0 Å². The molecule has 12 heteroatoms. The average molecular weight is 555 g/mol. The fraction of sp³-hybridized carbons (Fsp3) is 0.259. The van der Waals surface area contributed by atoms with Gasteiger partial charge in [0.2, 0.25) is 12.4 Å². The van der Waals surface area contributed by atoms with Crippen LogP contribution in [-0.4, -0.2) is 67.2 Å². The van der Waals surface area contributed by atoms with Crippen molar-refractivity contribution in [2.75, 3.05) is 31.8 Å². The van der Waals surface area contributed by atoms with Crippen molar-refractivity contribution in [3.63, 3.8) is 0 Å². The number of benzene rings is 3. The molecule has 0 spiro atoms. The lowest BCUT2D eigenvalue weighted by Gasteiger charge is -2.21. The van der Waals surface area contributed by atoms with Gasteiger partial charge in [0.15, 0.2) is 9.84 Å². The minimum atomic E-state index is -3.77. The minimum absolute atomic E-state index is 0.0122. The molecule has 1 amide bonds. The van der Waals surface area contributed by atoms with Crippen LogP contribution in [0.4, 0.5) is 10.3 Å². The highest BCUT2D eigenvalue weighted by Gasteiger charge is 2.26. The number of aromatic nitrogens is 2. The quantitative estimate of drug-likeness (QED) is 0.309. The Balaban J connectivity index is 1.43. The second-order valence-corrected chi connectivity index (χ2v) is 11.3. The van der Waals surface area contributed by atoms with Crippen LogP contribution >= 0.6 is 0 Å². The van der Waals surface area contributed by atoms with E-state index in [0.717, 1.165) is 34.5 Å². The maximum absolute atomic E-state index is 14.8. The third-order valence-corrected chi connectivity index (χ3v) is 7.72. The molecule has 204 valence electrons. The number of aromatic amines is 1. The first-order chi connectivity index (χ1) is 18.5. The average Bonchev–Trinajstić information content (AvgIpc) is 3.17. The number of hydrogen-bond acceptors (Lipinski definition) is 8. The molecule has 0 saturated carbocycles. The zero-order valence-corrected chi connectivity index (χ0v) is 22.3. The molecular weight excluding hydrogens is 527 g/mol. The number of carbonyl (C=O) groups is 1. The van der Waals surface area contributed by atoms with E-state index in [-0.39, 0.29) is 30.8 Å². The minimum Gasteiger partial charge on any atom is -0.491 e. The number of methoxy groups -OCH3 is 1. The zero-order valence-electron chi connectivity index (χ0n) is 21.5. The SMILES string of the molecule is COC(O)Nc1nc2ccc(-c3ccc4c(c3)CN(C(=O)c3ccc(S(C)(=O)=O)c(F)c3C)CCO4)cc2[nH]1. The molecule has 0 radical (unpaired) electrons. The van der Waals surface area contributed by atoms with Crippen LogP contribution in [-0.2, 0) is 21.1 Å². The van der Waals surface area contributed by atoms with Gasteiger partial charge in [-0.3, -0.25) is 4.79 Å². The van der Waals surface area contributed by atoms with Gasteiger partial charge in [0.25, 0.3) is 5.91 Å². The van der Waals surface area contributed by atoms with Crippen molar-refractivity contribution in [3.05, 3.63) is 71.0 Å². The van der Waals surface area contributed by atoms with E-state index in [4.69, 9.17) is 9.47 Å². The summed E-state index contributed by atoms with van der Waals surface area (Å²) in [6, 6.07) is 13.9. The lowest BCUT2D eigenvalue weighted by atomic mass is 10.0. The molecule has 1 aliphatic heterocycles. The Bertz CT molecular complexity index is 1690. The number of sulfone groups is 1. The van der Waals surface area contributed by atoms with Crippen molar-refractivity contribution in [3.8, 4) is 16.9 Å². The number of hydrogen-bond donors (Lipinski definition) is 3. The van der Waals surface area contributed by atoms with Gasteiger partial charge in [0.05, 0.1) is 17.6 Å². The fourth-order valence-corrected chi connectivity index (χ4v) is 5.32. The lowest BCUT2D eigenvalue weighted by molar-refractivity contribution is -0.0514. The first kappa shape index (κ1) is 26.6. The second-order valence-electron chi connectivity index (χ2n) is 9.27. The summed E-state index contributed by atoms with van der Waals surface area (Å²) in [5, 5.41) is 12.3.